The number of halogens is 1. The van der Waals surface area contributed by atoms with Crippen molar-refractivity contribution in [2.75, 3.05) is 6.54 Å². The van der Waals surface area contributed by atoms with E-state index in [0.717, 1.165) is 30.2 Å². The van der Waals surface area contributed by atoms with E-state index in [-0.39, 0.29) is 30.3 Å². The number of rotatable bonds is 5. The van der Waals surface area contributed by atoms with E-state index in [2.05, 4.69) is 31.8 Å². The fourth-order valence-electron chi connectivity index (χ4n) is 3.19. The van der Waals surface area contributed by atoms with Gasteiger partial charge in [0.05, 0.1) is 30.5 Å². The van der Waals surface area contributed by atoms with Crippen LogP contribution in [-0.2, 0) is 14.3 Å². The Labute approximate surface area is 165 Å². The number of carbonyl (C=O) groups is 3. The first-order chi connectivity index (χ1) is 13.0. The summed E-state index contributed by atoms with van der Waals surface area (Å²) in [7, 11) is 0. The predicted octanol–water partition coefficient (Wildman–Crippen LogP) is 2.32. The molecule has 1 fully saturated rings. The summed E-state index contributed by atoms with van der Waals surface area (Å²) in [6, 6.07) is 6.84. The summed E-state index contributed by atoms with van der Waals surface area (Å²) < 4.78 is 6.39. The molecule has 0 bridgehead atoms. The van der Waals surface area contributed by atoms with E-state index in [4.69, 9.17) is 4.74 Å². The van der Waals surface area contributed by atoms with Gasteiger partial charge in [-0.1, -0.05) is 28.4 Å². The van der Waals surface area contributed by atoms with Crippen LogP contribution in [0, 0.1) is 5.92 Å². The van der Waals surface area contributed by atoms with Gasteiger partial charge < -0.3 is 10.1 Å². The van der Waals surface area contributed by atoms with Gasteiger partial charge >= 0.3 is 0 Å². The molecule has 2 amide bonds. The van der Waals surface area contributed by atoms with E-state index in [0.29, 0.717) is 11.1 Å². The number of benzene rings is 1. The summed E-state index contributed by atoms with van der Waals surface area (Å²) in [6.45, 7) is -0.225. The lowest BCUT2D eigenvalue weighted by Crippen LogP contribution is -2.37. The molecule has 1 aromatic rings. The second-order valence-electron chi connectivity index (χ2n) is 6.49. The van der Waals surface area contributed by atoms with E-state index >= 15 is 0 Å². The molecule has 142 valence electrons. The Morgan fingerprint density at radius 1 is 1.30 bits per heavy atom. The van der Waals surface area contributed by atoms with Crippen LogP contribution in [0.3, 0.4) is 0 Å². The highest BCUT2D eigenvalue weighted by Gasteiger charge is 2.36. The highest BCUT2D eigenvalue weighted by atomic mass is 79.9. The first-order valence-electron chi connectivity index (χ1n) is 8.80. The molecule has 0 saturated heterocycles. The molecule has 8 heteroatoms. The molecule has 0 spiro atoms. The Morgan fingerprint density at radius 3 is 2.93 bits per heavy atom. The third kappa shape index (κ3) is 5.03. The number of nitrogens with zero attached hydrogens (tertiary/aromatic N) is 1. The molecular formula is C19H20BrN3O4. The lowest BCUT2D eigenvalue weighted by atomic mass is 9.80. The van der Waals surface area contributed by atoms with Gasteiger partial charge in [0.1, 0.15) is 6.10 Å². The van der Waals surface area contributed by atoms with Crippen molar-refractivity contribution < 1.29 is 19.1 Å². The Morgan fingerprint density at radius 2 is 2.11 bits per heavy atom. The second kappa shape index (κ2) is 8.94. The normalized spacial score (nSPS) is 21.8. The minimum atomic E-state index is -0.491. The van der Waals surface area contributed by atoms with Crippen molar-refractivity contribution >= 4 is 39.7 Å². The molecule has 1 aromatic carbocycles. The second-order valence-corrected chi connectivity index (χ2v) is 7.40. The highest BCUT2D eigenvalue weighted by Crippen LogP contribution is 2.32. The summed E-state index contributed by atoms with van der Waals surface area (Å²) in [5.41, 5.74) is 3.09. The third-order valence-corrected chi connectivity index (χ3v) is 5.08. The third-order valence-electron chi connectivity index (χ3n) is 4.58. The number of ketones is 1. The SMILES string of the molecule is O=C(CNC(=O)c1cccc(Br)c1)N/N=C/C1=COC2CCCCC2C1=O. The monoisotopic (exact) mass is 433 g/mol. The van der Waals surface area contributed by atoms with Gasteiger partial charge in [-0.05, 0) is 37.5 Å². The van der Waals surface area contributed by atoms with Gasteiger partial charge in [0.2, 0.25) is 0 Å². The number of nitrogens with one attached hydrogen (secondary N) is 2. The average Bonchev–Trinajstić information content (AvgIpc) is 2.68. The molecule has 3 rings (SSSR count). The molecule has 1 saturated carbocycles. The molecule has 2 unspecified atom stereocenters. The number of hydrogen-bond acceptors (Lipinski definition) is 5. The van der Waals surface area contributed by atoms with E-state index in [1.54, 1.807) is 24.3 Å². The first-order valence-corrected chi connectivity index (χ1v) is 9.59. The summed E-state index contributed by atoms with van der Waals surface area (Å²) in [5, 5.41) is 6.30. The molecule has 2 aliphatic rings. The van der Waals surface area contributed by atoms with Crippen molar-refractivity contribution in [3.8, 4) is 0 Å². The molecule has 1 heterocycles. The van der Waals surface area contributed by atoms with Gasteiger partial charge in [-0.3, -0.25) is 14.4 Å². The minimum absolute atomic E-state index is 0.00639. The van der Waals surface area contributed by atoms with Crippen LogP contribution in [0.5, 0.6) is 0 Å². The molecule has 1 aliphatic heterocycles. The maximum atomic E-state index is 12.4. The maximum absolute atomic E-state index is 12.4. The van der Waals surface area contributed by atoms with Crippen LogP contribution in [0.1, 0.15) is 36.0 Å². The van der Waals surface area contributed by atoms with Gasteiger partial charge in [-0.25, -0.2) is 5.43 Å². The molecule has 7 nitrogen and oxygen atoms in total. The van der Waals surface area contributed by atoms with E-state index in [1.807, 2.05) is 0 Å². The van der Waals surface area contributed by atoms with Gasteiger partial charge in [-0.15, -0.1) is 0 Å². The highest BCUT2D eigenvalue weighted by molar-refractivity contribution is 9.10. The summed E-state index contributed by atoms with van der Waals surface area (Å²) in [4.78, 5) is 36.2. The number of ether oxygens (including phenoxy) is 1. The Hall–Kier alpha value is -2.48. The zero-order chi connectivity index (χ0) is 19.2. The van der Waals surface area contributed by atoms with Crippen LogP contribution in [0.4, 0.5) is 0 Å². The Bertz CT molecular complexity index is 806. The smallest absolute Gasteiger partial charge is 0.259 e. The van der Waals surface area contributed by atoms with Gasteiger partial charge in [0.15, 0.2) is 5.78 Å². The summed E-state index contributed by atoms with van der Waals surface area (Å²) in [6.07, 6.45) is 6.49. The molecule has 0 radical (unpaired) electrons. The summed E-state index contributed by atoms with van der Waals surface area (Å²) in [5.74, 6) is -0.968. The molecular weight excluding hydrogens is 414 g/mol. The van der Waals surface area contributed by atoms with Crippen molar-refractivity contribution in [1.82, 2.24) is 10.7 Å². The van der Waals surface area contributed by atoms with Gasteiger partial charge in [0.25, 0.3) is 11.8 Å². The topological polar surface area (TPSA) is 96.9 Å². The number of allylic oxidation sites excluding steroid dienone is 1. The van der Waals surface area contributed by atoms with Crippen molar-refractivity contribution in [2.45, 2.75) is 31.8 Å². The van der Waals surface area contributed by atoms with Crippen LogP contribution < -0.4 is 10.7 Å². The number of Topliss-reactive ketones (excluding diaryl/α,β-unsaturated/α-hetero) is 1. The first kappa shape index (κ1) is 19.3. The number of hydrazone groups is 1. The number of fused-ring (bicyclic) bond motifs is 1. The molecule has 0 aromatic heterocycles. The van der Waals surface area contributed by atoms with Crippen molar-refractivity contribution in [1.29, 1.82) is 0 Å². The number of hydrogen-bond donors (Lipinski definition) is 2. The maximum Gasteiger partial charge on any atom is 0.259 e. The van der Waals surface area contributed by atoms with Gasteiger partial charge in [0, 0.05) is 10.0 Å². The van der Waals surface area contributed by atoms with Crippen LogP contribution in [0.15, 0.2) is 45.7 Å². The zero-order valence-electron chi connectivity index (χ0n) is 14.6. The van der Waals surface area contributed by atoms with E-state index in [1.165, 1.54) is 12.5 Å². The van der Waals surface area contributed by atoms with Crippen LogP contribution in [0.2, 0.25) is 0 Å². The lowest BCUT2D eigenvalue weighted by Gasteiger charge is -2.33. The minimum Gasteiger partial charge on any atom is -0.496 e. The summed E-state index contributed by atoms with van der Waals surface area (Å²) >= 11 is 3.29. The van der Waals surface area contributed by atoms with Crippen LogP contribution in [-0.4, -0.2) is 36.5 Å². The Kier molecular flexibility index (Phi) is 6.39. The fourth-order valence-corrected chi connectivity index (χ4v) is 3.59. The van der Waals surface area contributed by atoms with E-state index < -0.39 is 5.91 Å². The quantitative estimate of drug-likeness (QED) is 0.549. The fraction of sp³-hybridized carbons (Fsp3) is 0.368. The predicted molar refractivity (Wildman–Crippen MR) is 103 cm³/mol. The number of carbonyl (C=O) groups excluding carboxylic acids is 3. The molecule has 2 atom stereocenters. The average molecular weight is 434 g/mol. The molecule has 27 heavy (non-hydrogen) atoms. The molecule has 2 N–H and O–H groups in total. The Balaban J connectivity index is 1.47. The number of amides is 2. The van der Waals surface area contributed by atoms with Gasteiger partial charge in [-0.2, -0.15) is 5.10 Å². The lowest BCUT2D eigenvalue weighted by molar-refractivity contribution is -0.126. The zero-order valence-corrected chi connectivity index (χ0v) is 16.2. The van der Waals surface area contributed by atoms with E-state index in [9.17, 15) is 14.4 Å². The standard InChI is InChI=1S/C19H20BrN3O4/c20-14-5-3-4-12(8-14)19(26)21-10-17(24)23-22-9-13-11-27-16-7-2-1-6-15(16)18(13)25/h3-5,8-9,11,15-16H,1-2,6-7,10H2,(H,21,26)(H,23,24)/b22-9+. The van der Waals surface area contributed by atoms with Crippen LogP contribution in [0.25, 0.3) is 0 Å². The largest absolute Gasteiger partial charge is 0.496 e. The van der Waals surface area contributed by atoms with Crippen LogP contribution >= 0.6 is 15.9 Å². The van der Waals surface area contributed by atoms with Crippen molar-refractivity contribution in [3.63, 3.8) is 0 Å². The van der Waals surface area contributed by atoms with Crippen molar-refractivity contribution in [2.24, 2.45) is 11.0 Å². The van der Waals surface area contributed by atoms with Crippen molar-refractivity contribution in [3.05, 3.63) is 46.1 Å². The molecule has 1 aliphatic carbocycles.